The van der Waals surface area contributed by atoms with E-state index in [4.69, 9.17) is 14.9 Å². The fraction of sp³-hybridized carbons (Fsp3) is 0.211. The lowest BCUT2D eigenvalue weighted by atomic mass is 10.1. The SMILES string of the molecule is CCn1c(SCC(=O)O[C@@H](C(=O)NC(N)=O)c2ccccc2)nnc1-c1ccco1. The van der Waals surface area contributed by atoms with Crippen molar-refractivity contribution in [2.45, 2.75) is 24.7 Å². The van der Waals surface area contributed by atoms with Crippen molar-refractivity contribution >= 4 is 29.7 Å². The molecule has 10 nitrogen and oxygen atoms in total. The first kappa shape index (κ1) is 21.1. The van der Waals surface area contributed by atoms with Gasteiger partial charge in [-0.05, 0) is 19.1 Å². The lowest BCUT2D eigenvalue weighted by molar-refractivity contribution is -0.153. The van der Waals surface area contributed by atoms with Gasteiger partial charge in [0, 0.05) is 12.1 Å². The van der Waals surface area contributed by atoms with Gasteiger partial charge < -0.3 is 14.9 Å². The van der Waals surface area contributed by atoms with Crippen LogP contribution in [-0.4, -0.2) is 38.4 Å². The Morgan fingerprint density at radius 1 is 1.20 bits per heavy atom. The number of amides is 3. The number of primary amides is 1. The Hall–Kier alpha value is -3.60. The molecule has 0 saturated carbocycles. The van der Waals surface area contributed by atoms with E-state index >= 15 is 0 Å². The van der Waals surface area contributed by atoms with Crippen LogP contribution in [0.25, 0.3) is 11.6 Å². The summed E-state index contributed by atoms with van der Waals surface area (Å²) in [6, 6.07) is 10.8. The zero-order chi connectivity index (χ0) is 21.5. The Bertz CT molecular complexity index is 1020. The van der Waals surface area contributed by atoms with Crippen LogP contribution in [0.15, 0.2) is 58.3 Å². The van der Waals surface area contributed by atoms with Crippen molar-refractivity contribution in [2.75, 3.05) is 5.75 Å². The van der Waals surface area contributed by atoms with Crippen molar-refractivity contribution in [1.29, 1.82) is 0 Å². The van der Waals surface area contributed by atoms with Gasteiger partial charge in [-0.25, -0.2) is 4.79 Å². The van der Waals surface area contributed by atoms with Crippen LogP contribution in [0, 0.1) is 0 Å². The zero-order valence-electron chi connectivity index (χ0n) is 16.0. The first-order chi connectivity index (χ1) is 14.5. The van der Waals surface area contributed by atoms with Gasteiger partial charge in [-0.15, -0.1) is 10.2 Å². The normalized spacial score (nSPS) is 11.6. The fourth-order valence-electron chi connectivity index (χ4n) is 2.65. The molecule has 0 saturated heterocycles. The van der Waals surface area contributed by atoms with Gasteiger partial charge in [0.2, 0.25) is 6.10 Å². The quantitative estimate of drug-likeness (QED) is 0.409. The molecule has 3 rings (SSSR count). The van der Waals surface area contributed by atoms with E-state index in [0.717, 1.165) is 11.8 Å². The molecule has 1 aromatic carbocycles. The van der Waals surface area contributed by atoms with Crippen LogP contribution in [0.5, 0.6) is 0 Å². The number of esters is 1. The number of carbonyl (C=O) groups is 3. The number of ether oxygens (including phenoxy) is 1. The van der Waals surface area contributed by atoms with Gasteiger partial charge in [-0.3, -0.25) is 19.5 Å². The highest BCUT2D eigenvalue weighted by molar-refractivity contribution is 7.99. The Kier molecular flexibility index (Phi) is 6.86. The molecule has 30 heavy (non-hydrogen) atoms. The lowest BCUT2D eigenvalue weighted by Crippen LogP contribution is -2.39. The van der Waals surface area contributed by atoms with E-state index in [1.54, 1.807) is 47.0 Å². The molecule has 11 heteroatoms. The Labute approximate surface area is 175 Å². The number of urea groups is 1. The molecule has 0 aliphatic heterocycles. The van der Waals surface area contributed by atoms with Gasteiger partial charge in [-0.2, -0.15) is 0 Å². The van der Waals surface area contributed by atoms with E-state index in [0.29, 0.717) is 28.8 Å². The van der Waals surface area contributed by atoms with Crippen LogP contribution in [0.2, 0.25) is 0 Å². The predicted molar refractivity (Wildman–Crippen MR) is 107 cm³/mol. The lowest BCUT2D eigenvalue weighted by Gasteiger charge is -2.17. The second-order valence-corrected chi connectivity index (χ2v) is 6.89. The van der Waals surface area contributed by atoms with Crippen LogP contribution in [0.3, 0.4) is 0 Å². The molecule has 0 spiro atoms. The number of aromatic nitrogens is 3. The average molecular weight is 429 g/mol. The van der Waals surface area contributed by atoms with Crippen molar-refractivity contribution in [3.63, 3.8) is 0 Å². The largest absolute Gasteiger partial charge is 0.461 e. The van der Waals surface area contributed by atoms with Crippen molar-refractivity contribution in [3.05, 3.63) is 54.3 Å². The number of imide groups is 1. The number of thioether (sulfide) groups is 1. The molecule has 0 aliphatic carbocycles. The third-order valence-electron chi connectivity index (χ3n) is 3.93. The number of hydrogen-bond acceptors (Lipinski definition) is 8. The van der Waals surface area contributed by atoms with Crippen molar-refractivity contribution in [3.8, 4) is 11.6 Å². The van der Waals surface area contributed by atoms with Crippen LogP contribution in [-0.2, 0) is 20.9 Å². The maximum Gasteiger partial charge on any atom is 0.318 e. The van der Waals surface area contributed by atoms with Crippen LogP contribution in [0.4, 0.5) is 4.79 Å². The number of carbonyl (C=O) groups excluding carboxylic acids is 3. The van der Waals surface area contributed by atoms with Crippen molar-refractivity contribution in [2.24, 2.45) is 5.73 Å². The number of nitrogens with two attached hydrogens (primary N) is 1. The number of rotatable bonds is 8. The van der Waals surface area contributed by atoms with Gasteiger partial charge in [0.25, 0.3) is 5.91 Å². The van der Waals surface area contributed by atoms with Crippen molar-refractivity contribution in [1.82, 2.24) is 20.1 Å². The molecular formula is C19H19N5O5S. The summed E-state index contributed by atoms with van der Waals surface area (Å²) in [5, 5.41) is 10.6. The summed E-state index contributed by atoms with van der Waals surface area (Å²) in [6.07, 6.45) is 0.226. The first-order valence-corrected chi connectivity index (χ1v) is 9.92. The number of benzene rings is 1. The van der Waals surface area contributed by atoms with Gasteiger partial charge in [0.1, 0.15) is 0 Å². The molecule has 3 aromatic rings. The topological polar surface area (TPSA) is 142 Å². The maximum atomic E-state index is 12.4. The highest BCUT2D eigenvalue weighted by atomic mass is 32.2. The second kappa shape index (κ2) is 9.74. The molecule has 3 N–H and O–H groups in total. The number of nitrogens with one attached hydrogen (secondary N) is 1. The molecule has 156 valence electrons. The van der Waals surface area contributed by atoms with Gasteiger partial charge in [0.05, 0.1) is 12.0 Å². The summed E-state index contributed by atoms with van der Waals surface area (Å²) < 4.78 is 12.5. The molecular weight excluding hydrogens is 410 g/mol. The maximum absolute atomic E-state index is 12.4. The number of hydrogen-bond donors (Lipinski definition) is 2. The zero-order valence-corrected chi connectivity index (χ0v) is 16.8. The molecule has 0 bridgehead atoms. The Morgan fingerprint density at radius 2 is 1.97 bits per heavy atom. The summed E-state index contributed by atoms with van der Waals surface area (Å²) in [7, 11) is 0. The van der Waals surface area contributed by atoms with E-state index in [1.807, 2.05) is 12.2 Å². The highest BCUT2D eigenvalue weighted by Gasteiger charge is 2.26. The smallest absolute Gasteiger partial charge is 0.318 e. The monoisotopic (exact) mass is 429 g/mol. The second-order valence-electron chi connectivity index (χ2n) is 5.95. The minimum Gasteiger partial charge on any atom is -0.461 e. The molecule has 1 atom stereocenters. The van der Waals surface area contributed by atoms with E-state index in [-0.39, 0.29) is 5.75 Å². The summed E-state index contributed by atoms with van der Waals surface area (Å²) >= 11 is 1.11. The molecule has 2 aromatic heterocycles. The molecule has 0 radical (unpaired) electrons. The van der Waals surface area contributed by atoms with Crippen molar-refractivity contribution < 1.29 is 23.5 Å². The van der Waals surface area contributed by atoms with Gasteiger partial charge >= 0.3 is 12.0 Å². The van der Waals surface area contributed by atoms with E-state index in [2.05, 4.69) is 10.2 Å². The van der Waals surface area contributed by atoms with Crippen LogP contribution >= 0.6 is 11.8 Å². The Morgan fingerprint density at radius 3 is 2.60 bits per heavy atom. The standard InChI is InChI=1S/C19H19N5O5S/c1-2-24-16(13-9-6-10-28-13)22-23-19(24)30-11-14(25)29-15(17(26)21-18(20)27)12-7-4-3-5-8-12/h3-10,15H,2,11H2,1H3,(H3,20,21,26,27)/t15-/m1/s1. The number of furan rings is 1. The van der Waals surface area contributed by atoms with E-state index < -0.39 is 24.0 Å². The summed E-state index contributed by atoms with van der Waals surface area (Å²) in [4.78, 5) is 35.7. The predicted octanol–water partition coefficient (Wildman–Crippen LogP) is 2.13. The average Bonchev–Trinajstić information content (AvgIpc) is 3.39. The third kappa shape index (κ3) is 5.06. The van der Waals surface area contributed by atoms with Crippen LogP contribution in [0.1, 0.15) is 18.6 Å². The molecule has 0 unspecified atom stereocenters. The minimum absolute atomic E-state index is 0.122. The molecule has 2 heterocycles. The Balaban J connectivity index is 1.69. The fourth-order valence-corrected chi connectivity index (χ4v) is 3.43. The highest BCUT2D eigenvalue weighted by Crippen LogP contribution is 2.25. The summed E-state index contributed by atoms with van der Waals surface area (Å²) in [5.74, 6) is -0.515. The van der Waals surface area contributed by atoms with Gasteiger partial charge in [0.15, 0.2) is 16.7 Å². The van der Waals surface area contributed by atoms with Gasteiger partial charge in [-0.1, -0.05) is 42.1 Å². The summed E-state index contributed by atoms with van der Waals surface area (Å²) in [5.41, 5.74) is 5.42. The summed E-state index contributed by atoms with van der Waals surface area (Å²) in [6.45, 7) is 2.48. The third-order valence-corrected chi connectivity index (χ3v) is 4.87. The minimum atomic E-state index is -1.31. The molecule has 0 fully saturated rings. The molecule has 3 amide bonds. The molecule has 0 aliphatic rings. The number of nitrogens with zero attached hydrogens (tertiary/aromatic N) is 3. The van der Waals surface area contributed by atoms with E-state index in [1.165, 1.54) is 6.26 Å². The first-order valence-electron chi connectivity index (χ1n) is 8.94. The van der Waals surface area contributed by atoms with Crippen LogP contribution < -0.4 is 11.1 Å². The van der Waals surface area contributed by atoms with E-state index in [9.17, 15) is 14.4 Å².